The topological polar surface area (TPSA) is 70.2 Å². The second-order valence-corrected chi connectivity index (χ2v) is 6.85. The summed E-state index contributed by atoms with van der Waals surface area (Å²) in [6.45, 7) is 2.39. The molecule has 5 nitrogen and oxygen atoms in total. The van der Waals surface area contributed by atoms with Crippen molar-refractivity contribution in [3.63, 3.8) is 0 Å². The van der Waals surface area contributed by atoms with Gasteiger partial charge < -0.3 is 16.0 Å². The van der Waals surface area contributed by atoms with E-state index >= 15 is 0 Å². The lowest BCUT2D eigenvalue weighted by molar-refractivity contribution is -0.121. The quantitative estimate of drug-likeness (QED) is 0.768. The van der Waals surface area contributed by atoms with Crippen LogP contribution in [0, 0.1) is 6.92 Å². The number of anilines is 1. The summed E-state index contributed by atoms with van der Waals surface area (Å²) in [6, 6.07) is 17.1. The molecule has 1 saturated carbocycles. The summed E-state index contributed by atoms with van der Waals surface area (Å²) in [7, 11) is 0. The number of hydrogen-bond acceptors (Lipinski definition) is 2. The third-order valence-corrected chi connectivity index (χ3v) is 4.93. The Balaban J connectivity index is 1.64. The summed E-state index contributed by atoms with van der Waals surface area (Å²) in [5.74, 6) is -0.140. The number of para-hydroxylation sites is 1. The van der Waals surface area contributed by atoms with Crippen molar-refractivity contribution >= 4 is 17.6 Å². The predicted molar refractivity (Wildman–Crippen MR) is 103 cm³/mol. The van der Waals surface area contributed by atoms with Gasteiger partial charge in [0, 0.05) is 12.2 Å². The number of rotatable bonds is 5. The summed E-state index contributed by atoms with van der Waals surface area (Å²) < 4.78 is 0. The highest BCUT2D eigenvalue weighted by Gasteiger charge is 2.42. The van der Waals surface area contributed by atoms with Gasteiger partial charge in [0.2, 0.25) is 5.91 Å². The molecule has 0 atom stereocenters. The molecule has 136 valence electrons. The van der Waals surface area contributed by atoms with Crippen LogP contribution < -0.4 is 16.0 Å². The van der Waals surface area contributed by atoms with Gasteiger partial charge in [-0.2, -0.15) is 0 Å². The van der Waals surface area contributed by atoms with Crippen LogP contribution in [-0.4, -0.2) is 17.5 Å². The SMILES string of the molecule is Cc1ccccc1NC(=O)C1(NC(=O)NCc2ccccc2)CCCC1. The second-order valence-electron chi connectivity index (χ2n) is 6.85. The zero-order valence-corrected chi connectivity index (χ0v) is 15.0. The van der Waals surface area contributed by atoms with Crippen molar-refractivity contribution in [3.8, 4) is 0 Å². The van der Waals surface area contributed by atoms with E-state index in [1.807, 2.05) is 61.5 Å². The van der Waals surface area contributed by atoms with E-state index in [9.17, 15) is 9.59 Å². The van der Waals surface area contributed by atoms with Gasteiger partial charge in [-0.3, -0.25) is 4.79 Å². The molecular formula is C21H25N3O2. The number of carbonyl (C=O) groups is 2. The van der Waals surface area contributed by atoms with E-state index in [0.717, 1.165) is 29.7 Å². The van der Waals surface area contributed by atoms with Crippen LogP contribution in [-0.2, 0) is 11.3 Å². The Kier molecular flexibility index (Phi) is 5.56. The lowest BCUT2D eigenvalue weighted by Crippen LogP contribution is -2.57. The summed E-state index contributed by atoms with van der Waals surface area (Å²) in [4.78, 5) is 25.3. The molecular weight excluding hydrogens is 326 g/mol. The number of carbonyl (C=O) groups excluding carboxylic acids is 2. The van der Waals surface area contributed by atoms with Gasteiger partial charge in [0.1, 0.15) is 5.54 Å². The standard InChI is InChI=1S/C21H25N3O2/c1-16-9-5-6-12-18(16)23-19(25)21(13-7-8-14-21)24-20(26)22-15-17-10-3-2-4-11-17/h2-6,9-12H,7-8,13-15H2,1H3,(H,23,25)(H2,22,24,26). The van der Waals surface area contributed by atoms with E-state index in [4.69, 9.17) is 0 Å². The minimum Gasteiger partial charge on any atom is -0.334 e. The van der Waals surface area contributed by atoms with Crippen molar-refractivity contribution in [3.05, 3.63) is 65.7 Å². The lowest BCUT2D eigenvalue weighted by Gasteiger charge is -2.29. The van der Waals surface area contributed by atoms with Gasteiger partial charge in [-0.1, -0.05) is 61.4 Å². The van der Waals surface area contributed by atoms with Gasteiger partial charge in [0.05, 0.1) is 0 Å². The molecule has 2 aromatic rings. The van der Waals surface area contributed by atoms with Crippen LogP contribution in [0.3, 0.4) is 0 Å². The highest BCUT2D eigenvalue weighted by atomic mass is 16.2. The van der Waals surface area contributed by atoms with E-state index in [0.29, 0.717) is 19.4 Å². The number of amides is 3. The summed E-state index contributed by atoms with van der Waals surface area (Å²) in [6.07, 6.45) is 3.17. The molecule has 1 aliphatic carbocycles. The van der Waals surface area contributed by atoms with Crippen LogP contribution in [0.4, 0.5) is 10.5 Å². The highest BCUT2D eigenvalue weighted by Crippen LogP contribution is 2.31. The van der Waals surface area contributed by atoms with Gasteiger partial charge >= 0.3 is 6.03 Å². The van der Waals surface area contributed by atoms with Crippen molar-refractivity contribution in [1.29, 1.82) is 0 Å². The molecule has 0 bridgehead atoms. The predicted octanol–water partition coefficient (Wildman–Crippen LogP) is 3.75. The molecule has 0 heterocycles. The largest absolute Gasteiger partial charge is 0.334 e. The van der Waals surface area contributed by atoms with Gasteiger partial charge in [-0.25, -0.2) is 4.79 Å². The van der Waals surface area contributed by atoms with Gasteiger partial charge in [-0.15, -0.1) is 0 Å². The zero-order chi connectivity index (χ0) is 18.4. The van der Waals surface area contributed by atoms with Gasteiger partial charge in [0.25, 0.3) is 0 Å². The molecule has 0 spiro atoms. The fourth-order valence-electron chi connectivity index (χ4n) is 3.38. The lowest BCUT2D eigenvalue weighted by atomic mass is 9.96. The average Bonchev–Trinajstić information content (AvgIpc) is 3.12. The van der Waals surface area contributed by atoms with Crippen molar-refractivity contribution < 1.29 is 9.59 Å². The van der Waals surface area contributed by atoms with Crippen molar-refractivity contribution in [1.82, 2.24) is 10.6 Å². The number of aryl methyl sites for hydroxylation is 1. The van der Waals surface area contributed by atoms with Gasteiger partial charge in [-0.05, 0) is 37.0 Å². The Morgan fingerprint density at radius 3 is 2.31 bits per heavy atom. The highest BCUT2D eigenvalue weighted by molar-refractivity contribution is 6.01. The van der Waals surface area contributed by atoms with E-state index in [1.54, 1.807) is 0 Å². The Hall–Kier alpha value is -2.82. The molecule has 2 aromatic carbocycles. The number of benzene rings is 2. The third-order valence-electron chi connectivity index (χ3n) is 4.93. The Labute approximate surface area is 154 Å². The Morgan fingerprint density at radius 2 is 1.62 bits per heavy atom. The van der Waals surface area contributed by atoms with Crippen LogP contribution >= 0.6 is 0 Å². The molecule has 0 aromatic heterocycles. The minimum absolute atomic E-state index is 0.140. The van der Waals surface area contributed by atoms with Crippen LogP contribution in [0.1, 0.15) is 36.8 Å². The molecule has 26 heavy (non-hydrogen) atoms. The molecule has 3 N–H and O–H groups in total. The summed E-state index contributed by atoms with van der Waals surface area (Å²) in [5, 5.41) is 8.78. The fourth-order valence-corrected chi connectivity index (χ4v) is 3.38. The maximum atomic E-state index is 12.9. The Morgan fingerprint density at radius 1 is 0.962 bits per heavy atom. The average molecular weight is 351 g/mol. The third kappa shape index (κ3) is 4.23. The minimum atomic E-state index is -0.844. The first-order valence-corrected chi connectivity index (χ1v) is 9.06. The number of urea groups is 1. The van der Waals surface area contributed by atoms with Crippen LogP contribution in [0.25, 0.3) is 0 Å². The first-order valence-electron chi connectivity index (χ1n) is 9.06. The smallest absolute Gasteiger partial charge is 0.315 e. The number of nitrogens with one attached hydrogen (secondary N) is 3. The molecule has 0 unspecified atom stereocenters. The van der Waals surface area contributed by atoms with E-state index in [2.05, 4.69) is 16.0 Å². The molecule has 1 fully saturated rings. The van der Waals surface area contributed by atoms with E-state index in [1.165, 1.54) is 0 Å². The van der Waals surface area contributed by atoms with Crippen LogP contribution in [0.5, 0.6) is 0 Å². The molecule has 5 heteroatoms. The summed E-state index contributed by atoms with van der Waals surface area (Å²) >= 11 is 0. The monoisotopic (exact) mass is 351 g/mol. The number of hydrogen-bond donors (Lipinski definition) is 3. The first kappa shape index (κ1) is 18.0. The summed E-state index contributed by atoms with van der Waals surface area (Å²) in [5.41, 5.74) is 1.97. The van der Waals surface area contributed by atoms with Crippen LogP contribution in [0.15, 0.2) is 54.6 Å². The second kappa shape index (κ2) is 8.04. The van der Waals surface area contributed by atoms with E-state index < -0.39 is 5.54 Å². The Bertz CT molecular complexity index is 768. The maximum absolute atomic E-state index is 12.9. The van der Waals surface area contributed by atoms with Crippen LogP contribution in [0.2, 0.25) is 0 Å². The fraction of sp³-hybridized carbons (Fsp3) is 0.333. The molecule has 3 amide bonds. The van der Waals surface area contributed by atoms with Crippen molar-refractivity contribution in [2.75, 3.05) is 5.32 Å². The molecule has 0 aliphatic heterocycles. The zero-order valence-electron chi connectivity index (χ0n) is 15.0. The molecule has 1 aliphatic rings. The van der Waals surface area contributed by atoms with Crippen molar-refractivity contribution in [2.24, 2.45) is 0 Å². The van der Waals surface area contributed by atoms with Gasteiger partial charge in [0.15, 0.2) is 0 Å². The molecule has 0 saturated heterocycles. The maximum Gasteiger partial charge on any atom is 0.315 e. The van der Waals surface area contributed by atoms with Crippen molar-refractivity contribution in [2.45, 2.75) is 44.7 Å². The molecule has 0 radical (unpaired) electrons. The normalized spacial score (nSPS) is 15.3. The van der Waals surface area contributed by atoms with E-state index in [-0.39, 0.29) is 11.9 Å². The first-order chi connectivity index (χ1) is 12.6. The molecule has 3 rings (SSSR count).